The molecule has 18 heavy (non-hydrogen) atoms. The van der Waals surface area contributed by atoms with E-state index in [1.165, 1.54) is 6.33 Å². The Morgan fingerprint density at radius 2 is 2.33 bits per heavy atom. The van der Waals surface area contributed by atoms with Crippen molar-refractivity contribution in [2.45, 2.75) is 12.6 Å². The van der Waals surface area contributed by atoms with E-state index in [0.717, 1.165) is 9.58 Å². The Labute approximate surface area is 101 Å². The Morgan fingerprint density at radius 3 is 2.94 bits per heavy atom. The molecule has 0 aliphatic carbocycles. The first kappa shape index (κ1) is 12.0. The summed E-state index contributed by atoms with van der Waals surface area (Å²) in [7, 11) is 0. The third-order valence-corrected chi connectivity index (χ3v) is 2.48. The maximum absolute atomic E-state index is 11.9. The van der Waals surface area contributed by atoms with Crippen LogP contribution in [0.2, 0.25) is 0 Å². The van der Waals surface area contributed by atoms with Crippen LogP contribution in [0.1, 0.15) is 0 Å². The summed E-state index contributed by atoms with van der Waals surface area (Å²) in [5, 5.41) is 21.6. The highest BCUT2D eigenvalue weighted by Gasteiger charge is 2.35. The van der Waals surface area contributed by atoms with E-state index in [0.29, 0.717) is 0 Å². The Morgan fingerprint density at radius 1 is 1.56 bits per heavy atom. The van der Waals surface area contributed by atoms with Gasteiger partial charge in [0.2, 0.25) is 11.8 Å². The predicted molar refractivity (Wildman–Crippen MR) is 54.0 cm³/mol. The van der Waals surface area contributed by atoms with Crippen LogP contribution in [-0.2, 0) is 20.9 Å². The number of carboxylic acids is 1. The van der Waals surface area contributed by atoms with Crippen molar-refractivity contribution in [2.24, 2.45) is 0 Å². The number of aliphatic carboxylic acids is 1. The van der Waals surface area contributed by atoms with Gasteiger partial charge >= 0.3 is 5.97 Å². The summed E-state index contributed by atoms with van der Waals surface area (Å²) >= 11 is 0. The Kier molecular flexibility index (Phi) is 3.17. The molecule has 10 nitrogen and oxygen atoms in total. The molecule has 1 aromatic rings. The van der Waals surface area contributed by atoms with Gasteiger partial charge in [-0.1, -0.05) is 0 Å². The second kappa shape index (κ2) is 4.77. The Hall–Kier alpha value is -2.52. The van der Waals surface area contributed by atoms with Crippen LogP contribution in [0.4, 0.5) is 0 Å². The summed E-state index contributed by atoms with van der Waals surface area (Å²) in [6.07, 6.45) is 1.23. The molecule has 1 saturated heterocycles. The lowest BCUT2D eigenvalue weighted by molar-refractivity contribution is -0.154. The van der Waals surface area contributed by atoms with E-state index in [2.05, 4.69) is 20.8 Å². The van der Waals surface area contributed by atoms with Crippen molar-refractivity contribution in [1.29, 1.82) is 0 Å². The number of carbonyl (C=O) groups excluding carboxylic acids is 2. The van der Waals surface area contributed by atoms with Gasteiger partial charge in [-0.25, -0.2) is 9.48 Å². The minimum Gasteiger partial charge on any atom is -0.480 e. The molecule has 0 radical (unpaired) electrons. The lowest BCUT2D eigenvalue weighted by Crippen LogP contribution is -2.59. The van der Waals surface area contributed by atoms with Gasteiger partial charge in [0.1, 0.15) is 25.5 Å². The number of carbonyl (C=O) groups is 3. The van der Waals surface area contributed by atoms with Gasteiger partial charge in [-0.2, -0.15) is 0 Å². The molecule has 0 saturated carbocycles. The van der Waals surface area contributed by atoms with Gasteiger partial charge in [-0.05, 0) is 10.4 Å². The minimum absolute atomic E-state index is 0.102. The first-order valence-electron chi connectivity index (χ1n) is 5.07. The summed E-state index contributed by atoms with van der Waals surface area (Å²) in [5.74, 6) is -2.08. The summed E-state index contributed by atoms with van der Waals surface area (Å²) < 4.78 is 1.16. The van der Waals surface area contributed by atoms with Crippen molar-refractivity contribution in [3.63, 3.8) is 0 Å². The maximum Gasteiger partial charge on any atom is 0.328 e. The third kappa shape index (κ3) is 2.42. The molecule has 0 bridgehead atoms. The standard InChI is InChI=1S/C8H10N6O4/c15-6-2-14(5(1-9-6)8(17)18)7(16)3-13-4-10-11-12-13/h4-5H,1-3H2,(H,9,15)(H,17,18). The number of aromatic nitrogens is 4. The molecule has 2 heterocycles. The molecule has 1 aliphatic rings. The molecule has 1 atom stereocenters. The van der Waals surface area contributed by atoms with Gasteiger partial charge in [-0.3, -0.25) is 9.59 Å². The topological polar surface area (TPSA) is 130 Å². The summed E-state index contributed by atoms with van der Waals surface area (Å²) in [5.41, 5.74) is 0. The quantitative estimate of drug-likeness (QED) is 0.591. The van der Waals surface area contributed by atoms with Gasteiger partial charge in [0.05, 0.1) is 0 Å². The zero-order chi connectivity index (χ0) is 13.1. The largest absolute Gasteiger partial charge is 0.480 e. The second-order valence-corrected chi connectivity index (χ2v) is 3.69. The predicted octanol–water partition coefficient (Wildman–Crippen LogP) is -2.92. The highest BCUT2D eigenvalue weighted by molar-refractivity contribution is 5.91. The first-order valence-corrected chi connectivity index (χ1v) is 5.07. The average Bonchev–Trinajstić information content (AvgIpc) is 2.81. The molecule has 10 heteroatoms. The number of rotatable bonds is 3. The van der Waals surface area contributed by atoms with Crippen LogP contribution in [-0.4, -0.2) is 67.1 Å². The molecular formula is C8H10N6O4. The fraction of sp³-hybridized carbons (Fsp3) is 0.500. The zero-order valence-corrected chi connectivity index (χ0v) is 9.18. The summed E-state index contributed by atoms with van der Waals surface area (Å²) in [6, 6.07) is -1.06. The van der Waals surface area contributed by atoms with Crippen molar-refractivity contribution in [3.05, 3.63) is 6.33 Å². The number of tetrazole rings is 1. The van der Waals surface area contributed by atoms with Crippen LogP contribution in [0.5, 0.6) is 0 Å². The molecule has 0 aromatic carbocycles. The number of amides is 2. The molecule has 2 amide bonds. The molecule has 1 fully saturated rings. The lowest BCUT2D eigenvalue weighted by atomic mass is 10.2. The van der Waals surface area contributed by atoms with Crippen LogP contribution in [0, 0.1) is 0 Å². The van der Waals surface area contributed by atoms with Gasteiger partial charge in [0.25, 0.3) is 0 Å². The normalized spacial score (nSPS) is 19.4. The smallest absolute Gasteiger partial charge is 0.328 e. The fourth-order valence-electron chi connectivity index (χ4n) is 1.61. The second-order valence-electron chi connectivity index (χ2n) is 3.69. The number of hydrogen-bond donors (Lipinski definition) is 2. The van der Waals surface area contributed by atoms with Crippen LogP contribution in [0.3, 0.4) is 0 Å². The van der Waals surface area contributed by atoms with Crippen molar-refractivity contribution in [2.75, 3.05) is 13.1 Å². The van der Waals surface area contributed by atoms with Crippen molar-refractivity contribution >= 4 is 17.8 Å². The number of nitrogens with zero attached hydrogens (tertiary/aromatic N) is 5. The third-order valence-electron chi connectivity index (χ3n) is 2.48. The van der Waals surface area contributed by atoms with Crippen molar-refractivity contribution in [3.8, 4) is 0 Å². The molecule has 2 N–H and O–H groups in total. The lowest BCUT2D eigenvalue weighted by Gasteiger charge is -2.32. The number of piperazine rings is 1. The summed E-state index contributed by atoms with van der Waals surface area (Å²) in [4.78, 5) is 35.1. The fourth-order valence-corrected chi connectivity index (χ4v) is 1.61. The van der Waals surface area contributed by atoms with Crippen LogP contribution >= 0.6 is 0 Å². The first-order chi connectivity index (χ1) is 8.58. The molecule has 1 aliphatic heterocycles. The Bertz CT molecular complexity index is 472. The zero-order valence-electron chi connectivity index (χ0n) is 9.18. The monoisotopic (exact) mass is 254 g/mol. The SMILES string of the molecule is O=C1CN(C(=O)Cn2cnnn2)C(C(=O)O)CN1. The molecule has 96 valence electrons. The van der Waals surface area contributed by atoms with E-state index in [1.807, 2.05) is 0 Å². The number of hydrogen-bond acceptors (Lipinski definition) is 6. The van der Waals surface area contributed by atoms with E-state index in [4.69, 9.17) is 5.11 Å². The van der Waals surface area contributed by atoms with E-state index < -0.39 is 23.8 Å². The van der Waals surface area contributed by atoms with Gasteiger partial charge in [0.15, 0.2) is 0 Å². The maximum atomic E-state index is 11.9. The molecule has 1 unspecified atom stereocenters. The highest BCUT2D eigenvalue weighted by Crippen LogP contribution is 2.05. The van der Waals surface area contributed by atoms with Crippen LogP contribution in [0.15, 0.2) is 6.33 Å². The average molecular weight is 254 g/mol. The van der Waals surface area contributed by atoms with Crippen molar-refractivity contribution in [1.82, 2.24) is 30.4 Å². The van der Waals surface area contributed by atoms with E-state index >= 15 is 0 Å². The minimum atomic E-state index is -1.17. The van der Waals surface area contributed by atoms with E-state index in [9.17, 15) is 14.4 Å². The Balaban J connectivity index is 2.09. The summed E-state index contributed by atoms with van der Waals surface area (Å²) in [6.45, 7) is -0.586. The van der Waals surface area contributed by atoms with Crippen LogP contribution < -0.4 is 5.32 Å². The highest BCUT2D eigenvalue weighted by atomic mass is 16.4. The molecular weight excluding hydrogens is 244 g/mol. The molecule has 1 aromatic heterocycles. The van der Waals surface area contributed by atoms with Gasteiger partial charge in [-0.15, -0.1) is 5.10 Å². The van der Waals surface area contributed by atoms with Gasteiger partial charge < -0.3 is 15.3 Å². The molecule has 0 spiro atoms. The molecule has 2 rings (SSSR count). The van der Waals surface area contributed by atoms with Crippen LogP contribution in [0.25, 0.3) is 0 Å². The number of carboxylic acid groups (broad SMARTS) is 1. The van der Waals surface area contributed by atoms with Crippen molar-refractivity contribution < 1.29 is 19.5 Å². The number of nitrogens with one attached hydrogen (secondary N) is 1. The van der Waals surface area contributed by atoms with E-state index in [-0.39, 0.29) is 19.6 Å². The van der Waals surface area contributed by atoms with E-state index in [1.54, 1.807) is 0 Å². The van der Waals surface area contributed by atoms with Gasteiger partial charge in [0, 0.05) is 6.54 Å².